The number of nitrogens with two attached hydrogens (primary N) is 1. The highest BCUT2D eigenvalue weighted by Crippen LogP contribution is 2.22. The first-order valence-corrected chi connectivity index (χ1v) is 8.41. The summed E-state index contributed by atoms with van der Waals surface area (Å²) >= 11 is 6.19. The summed E-state index contributed by atoms with van der Waals surface area (Å²) in [5.74, 6) is -0.163. The molecule has 6 heteroatoms. The smallest absolute Gasteiger partial charge is 0.256 e. The number of nitrogen functional groups attached to an aromatic ring is 1. The highest BCUT2D eigenvalue weighted by atomic mass is 35.5. The third-order valence-corrected chi connectivity index (χ3v) is 3.96. The molecule has 4 N–H and O–H groups in total. The van der Waals surface area contributed by atoms with E-state index in [4.69, 9.17) is 17.3 Å². The highest BCUT2D eigenvalue weighted by Gasteiger charge is 2.14. The standard InChI is InChI=1S/C19H22ClN3O2/c1-11(2)10-22-18(24)15-7-6-14(9-17(15)20)23-19(25)16-8-13(21)5-4-12(16)3/h4-9,11H,10,21H2,1-3H3,(H,22,24)(H,23,25). The maximum absolute atomic E-state index is 12.4. The van der Waals surface area contributed by atoms with Crippen LogP contribution in [-0.4, -0.2) is 18.4 Å². The Morgan fingerprint density at radius 3 is 2.44 bits per heavy atom. The lowest BCUT2D eigenvalue weighted by atomic mass is 10.1. The molecule has 0 aromatic heterocycles. The maximum atomic E-state index is 12.4. The Hall–Kier alpha value is -2.53. The number of benzene rings is 2. The zero-order chi connectivity index (χ0) is 18.6. The molecule has 0 heterocycles. The van der Waals surface area contributed by atoms with Gasteiger partial charge in [0.15, 0.2) is 0 Å². The fraction of sp³-hybridized carbons (Fsp3) is 0.263. The molecule has 5 nitrogen and oxygen atoms in total. The Morgan fingerprint density at radius 2 is 1.80 bits per heavy atom. The quantitative estimate of drug-likeness (QED) is 0.708. The van der Waals surface area contributed by atoms with Crippen molar-refractivity contribution in [1.82, 2.24) is 5.32 Å². The molecule has 0 atom stereocenters. The minimum atomic E-state index is -0.280. The first-order chi connectivity index (χ1) is 11.8. The van der Waals surface area contributed by atoms with Crippen LogP contribution in [0.15, 0.2) is 36.4 Å². The van der Waals surface area contributed by atoms with Crippen molar-refractivity contribution in [2.24, 2.45) is 5.92 Å². The number of aryl methyl sites for hydroxylation is 1. The highest BCUT2D eigenvalue weighted by molar-refractivity contribution is 6.34. The molecule has 0 aliphatic rings. The van der Waals surface area contributed by atoms with Crippen molar-refractivity contribution in [2.75, 3.05) is 17.6 Å². The second kappa shape index (κ2) is 8.03. The van der Waals surface area contributed by atoms with Gasteiger partial charge in [-0.3, -0.25) is 9.59 Å². The van der Waals surface area contributed by atoms with Crippen molar-refractivity contribution >= 4 is 34.8 Å². The van der Waals surface area contributed by atoms with E-state index in [-0.39, 0.29) is 16.8 Å². The number of amides is 2. The van der Waals surface area contributed by atoms with Gasteiger partial charge in [-0.1, -0.05) is 31.5 Å². The average molecular weight is 360 g/mol. The van der Waals surface area contributed by atoms with Gasteiger partial charge in [-0.2, -0.15) is 0 Å². The lowest BCUT2D eigenvalue weighted by Gasteiger charge is -2.11. The fourth-order valence-electron chi connectivity index (χ4n) is 2.25. The Labute approximate surface area is 152 Å². The summed E-state index contributed by atoms with van der Waals surface area (Å²) in [6.45, 7) is 6.43. The Bertz CT molecular complexity index is 803. The first-order valence-electron chi connectivity index (χ1n) is 8.03. The van der Waals surface area contributed by atoms with Crippen molar-refractivity contribution in [3.05, 3.63) is 58.1 Å². The average Bonchev–Trinajstić information content (AvgIpc) is 2.54. The summed E-state index contributed by atoms with van der Waals surface area (Å²) < 4.78 is 0. The van der Waals surface area contributed by atoms with E-state index >= 15 is 0 Å². The lowest BCUT2D eigenvalue weighted by molar-refractivity contribution is 0.0948. The first kappa shape index (κ1) is 18.8. The predicted molar refractivity (Wildman–Crippen MR) is 102 cm³/mol. The van der Waals surface area contributed by atoms with Gasteiger partial charge in [0.1, 0.15) is 0 Å². The molecule has 2 aromatic rings. The number of anilines is 2. The van der Waals surface area contributed by atoms with Crippen LogP contribution in [0.3, 0.4) is 0 Å². The molecule has 0 unspecified atom stereocenters. The number of carbonyl (C=O) groups excluding carboxylic acids is 2. The molecule has 132 valence electrons. The fourth-order valence-corrected chi connectivity index (χ4v) is 2.52. The number of nitrogens with one attached hydrogen (secondary N) is 2. The molecule has 0 aliphatic carbocycles. The van der Waals surface area contributed by atoms with E-state index in [1.54, 1.807) is 36.4 Å². The van der Waals surface area contributed by atoms with E-state index < -0.39 is 0 Å². The minimum Gasteiger partial charge on any atom is -0.399 e. The Balaban J connectivity index is 2.13. The molecule has 0 aliphatic heterocycles. The second-order valence-electron chi connectivity index (χ2n) is 6.33. The number of hydrogen-bond donors (Lipinski definition) is 3. The molecule has 0 spiro atoms. The van der Waals surface area contributed by atoms with Gasteiger partial charge in [0.2, 0.25) is 0 Å². The maximum Gasteiger partial charge on any atom is 0.256 e. The van der Waals surface area contributed by atoms with Crippen LogP contribution in [0.4, 0.5) is 11.4 Å². The third kappa shape index (κ3) is 4.97. The summed E-state index contributed by atoms with van der Waals surface area (Å²) in [5, 5.41) is 5.87. The Morgan fingerprint density at radius 1 is 1.08 bits per heavy atom. The summed E-state index contributed by atoms with van der Waals surface area (Å²) in [4.78, 5) is 24.5. The van der Waals surface area contributed by atoms with E-state index in [1.165, 1.54) is 0 Å². The molecule has 0 saturated heterocycles. The van der Waals surface area contributed by atoms with Crippen LogP contribution in [0, 0.1) is 12.8 Å². The van der Waals surface area contributed by atoms with Crippen molar-refractivity contribution in [3.63, 3.8) is 0 Å². The number of rotatable bonds is 5. The largest absolute Gasteiger partial charge is 0.399 e. The van der Waals surface area contributed by atoms with Gasteiger partial charge < -0.3 is 16.4 Å². The summed E-state index contributed by atoms with van der Waals surface area (Å²) in [5.41, 5.74) is 8.46. The summed E-state index contributed by atoms with van der Waals surface area (Å²) in [6, 6.07) is 9.97. The van der Waals surface area contributed by atoms with Crippen LogP contribution in [0.5, 0.6) is 0 Å². The van der Waals surface area contributed by atoms with Gasteiger partial charge in [0, 0.05) is 23.5 Å². The zero-order valence-corrected chi connectivity index (χ0v) is 15.3. The van der Waals surface area contributed by atoms with Gasteiger partial charge in [-0.25, -0.2) is 0 Å². The third-order valence-electron chi connectivity index (χ3n) is 3.65. The zero-order valence-electron chi connectivity index (χ0n) is 14.5. The van der Waals surface area contributed by atoms with Crippen molar-refractivity contribution in [1.29, 1.82) is 0 Å². The van der Waals surface area contributed by atoms with Crippen molar-refractivity contribution in [3.8, 4) is 0 Å². The van der Waals surface area contributed by atoms with Crippen molar-refractivity contribution in [2.45, 2.75) is 20.8 Å². The molecule has 2 aromatic carbocycles. The molecule has 25 heavy (non-hydrogen) atoms. The van der Waals surface area contributed by atoms with Crippen molar-refractivity contribution < 1.29 is 9.59 Å². The predicted octanol–water partition coefficient (Wildman–Crippen LogP) is 3.87. The topological polar surface area (TPSA) is 84.2 Å². The van der Waals surface area contributed by atoms with Crippen LogP contribution < -0.4 is 16.4 Å². The van der Waals surface area contributed by atoms with Gasteiger partial charge in [0.25, 0.3) is 11.8 Å². The molecule has 2 rings (SSSR count). The summed E-state index contributed by atoms with van der Waals surface area (Å²) in [7, 11) is 0. The van der Waals surface area contributed by atoms with Crippen LogP contribution in [-0.2, 0) is 0 Å². The molecule has 0 saturated carbocycles. The molecule has 2 amide bonds. The molecule has 0 fully saturated rings. The van der Waals surface area contributed by atoms with Gasteiger partial charge in [-0.15, -0.1) is 0 Å². The van der Waals surface area contributed by atoms with E-state index in [2.05, 4.69) is 10.6 Å². The van der Waals surface area contributed by atoms with Gasteiger partial charge >= 0.3 is 0 Å². The number of halogens is 1. The molecular formula is C19H22ClN3O2. The summed E-state index contributed by atoms with van der Waals surface area (Å²) in [6.07, 6.45) is 0. The number of hydrogen-bond acceptors (Lipinski definition) is 3. The Kier molecular flexibility index (Phi) is 6.04. The SMILES string of the molecule is Cc1ccc(N)cc1C(=O)Nc1ccc(C(=O)NCC(C)C)c(Cl)c1. The monoisotopic (exact) mass is 359 g/mol. The molecular weight excluding hydrogens is 338 g/mol. The molecule has 0 bridgehead atoms. The minimum absolute atomic E-state index is 0.233. The van der Waals surface area contributed by atoms with Gasteiger partial charge in [-0.05, 0) is 48.7 Å². The second-order valence-corrected chi connectivity index (χ2v) is 6.73. The van der Waals surface area contributed by atoms with E-state index in [0.29, 0.717) is 35.0 Å². The normalized spacial score (nSPS) is 10.6. The lowest BCUT2D eigenvalue weighted by Crippen LogP contribution is -2.27. The van der Waals surface area contributed by atoms with E-state index in [9.17, 15) is 9.59 Å². The van der Waals surface area contributed by atoms with Crippen LogP contribution in [0.25, 0.3) is 0 Å². The molecule has 0 radical (unpaired) electrons. The van der Waals surface area contributed by atoms with Crippen LogP contribution >= 0.6 is 11.6 Å². The van der Waals surface area contributed by atoms with Crippen LogP contribution in [0.2, 0.25) is 5.02 Å². The van der Waals surface area contributed by atoms with Crippen LogP contribution in [0.1, 0.15) is 40.1 Å². The van der Waals surface area contributed by atoms with E-state index in [1.807, 2.05) is 20.8 Å². The number of carbonyl (C=O) groups is 2. The van der Waals surface area contributed by atoms with Gasteiger partial charge in [0.05, 0.1) is 10.6 Å². The van der Waals surface area contributed by atoms with E-state index in [0.717, 1.165) is 5.56 Å².